The van der Waals surface area contributed by atoms with Gasteiger partial charge in [0.2, 0.25) is 0 Å². The van der Waals surface area contributed by atoms with E-state index in [1.54, 1.807) is 0 Å². The molecule has 0 amide bonds. The Labute approximate surface area is 109 Å². The fourth-order valence-corrected chi connectivity index (χ4v) is 2.51. The summed E-state index contributed by atoms with van der Waals surface area (Å²) in [7, 11) is 2.15. The Morgan fingerprint density at radius 3 is 3.06 bits per heavy atom. The van der Waals surface area contributed by atoms with Gasteiger partial charge in [0, 0.05) is 18.8 Å². The number of hydrogen-bond acceptors (Lipinski definition) is 3. The first-order valence-electron chi connectivity index (χ1n) is 6.33. The van der Waals surface area contributed by atoms with Gasteiger partial charge in [-0.15, -0.1) is 0 Å². The van der Waals surface area contributed by atoms with Gasteiger partial charge in [-0.05, 0) is 43.5 Å². The van der Waals surface area contributed by atoms with Crippen molar-refractivity contribution < 1.29 is 4.74 Å². The highest BCUT2D eigenvalue weighted by atomic mass is 32.1. The minimum Gasteiger partial charge on any atom is -0.493 e. The summed E-state index contributed by atoms with van der Waals surface area (Å²) in [6.45, 7) is 3.02. The largest absolute Gasteiger partial charge is 0.493 e. The zero-order valence-electron chi connectivity index (χ0n) is 10.5. The molecule has 1 aliphatic heterocycles. The lowest BCUT2D eigenvalue weighted by atomic mass is 10.0. The van der Waals surface area contributed by atoms with Crippen molar-refractivity contribution in [2.75, 3.05) is 32.5 Å². The number of ether oxygens (including phenoxy) is 1. The van der Waals surface area contributed by atoms with E-state index in [-0.39, 0.29) is 0 Å². The average Bonchev–Trinajstić information content (AvgIpc) is 2.36. The summed E-state index contributed by atoms with van der Waals surface area (Å²) < 4.78 is 5.62. The summed E-state index contributed by atoms with van der Waals surface area (Å²) in [5.41, 5.74) is 2.80. The first-order valence-corrected chi connectivity index (χ1v) is 6.97. The van der Waals surface area contributed by atoms with E-state index in [0.717, 1.165) is 50.5 Å². The number of hydrogen-bond donors (Lipinski definition) is 1. The van der Waals surface area contributed by atoms with Gasteiger partial charge in [-0.2, -0.15) is 12.6 Å². The Morgan fingerprint density at radius 1 is 1.35 bits per heavy atom. The summed E-state index contributed by atoms with van der Waals surface area (Å²) in [6, 6.07) is 6.63. The molecule has 0 saturated heterocycles. The second-order valence-corrected chi connectivity index (χ2v) is 5.12. The van der Waals surface area contributed by atoms with Crippen LogP contribution in [0.1, 0.15) is 17.5 Å². The number of nitrogens with zero attached hydrogens (tertiary/aromatic N) is 1. The number of rotatable bonds is 5. The van der Waals surface area contributed by atoms with E-state index in [0.29, 0.717) is 0 Å². The predicted octanol–water partition coefficient (Wildman–Crippen LogP) is 2.42. The minimum atomic E-state index is 0.872. The van der Waals surface area contributed by atoms with E-state index in [4.69, 9.17) is 4.74 Å². The molecular formula is C14H21NOS. The van der Waals surface area contributed by atoms with E-state index >= 15 is 0 Å². The van der Waals surface area contributed by atoms with Gasteiger partial charge in [-0.1, -0.05) is 12.1 Å². The van der Waals surface area contributed by atoms with Crippen LogP contribution < -0.4 is 4.74 Å². The molecule has 0 spiro atoms. The minimum absolute atomic E-state index is 0.872. The Bertz CT molecular complexity index is 367. The van der Waals surface area contributed by atoms with Crippen molar-refractivity contribution >= 4 is 12.6 Å². The smallest absolute Gasteiger partial charge is 0.122 e. The van der Waals surface area contributed by atoms with Crippen LogP contribution in [0.2, 0.25) is 0 Å². The number of likely N-dealkylation sites (N-methyl/N-ethyl adjacent to an activating group) is 1. The number of fused-ring (bicyclic) bond motifs is 1. The van der Waals surface area contributed by atoms with E-state index in [9.17, 15) is 0 Å². The highest BCUT2D eigenvalue weighted by molar-refractivity contribution is 7.80. The summed E-state index contributed by atoms with van der Waals surface area (Å²) in [5, 5.41) is 0. The van der Waals surface area contributed by atoms with Gasteiger partial charge in [-0.3, -0.25) is 0 Å². The predicted molar refractivity (Wildman–Crippen MR) is 75.3 cm³/mol. The molecule has 0 N–H and O–H groups in total. The molecule has 1 aromatic rings. The van der Waals surface area contributed by atoms with Crippen LogP contribution >= 0.6 is 12.6 Å². The summed E-state index contributed by atoms with van der Waals surface area (Å²) >= 11 is 4.25. The number of thiol groups is 1. The van der Waals surface area contributed by atoms with Crippen molar-refractivity contribution in [2.24, 2.45) is 0 Å². The Balaban J connectivity index is 1.93. The molecule has 0 unspecified atom stereocenters. The molecule has 1 aliphatic rings. The lowest BCUT2D eigenvalue weighted by molar-refractivity contribution is 0.288. The summed E-state index contributed by atoms with van der Waals surface area (Å²) in [4.78, 5) is 2.32. The monoisotopic (exact) mass is 251 g/mol. The molecule has 17 heavy (non-hydrogen) atoms. The molecule has 0 aliphatic carbocycles. The lowest BCUT2D eigenvalue weighted by Crippen LogP contribution is -2.23. The maximum Gasteiger partial charge on any atom is 0.122 e. The van der Waals surface area contributed by atoms with Gasteiger partial charge < -0.3 is 9.64 Å². The SMILES string of the molecule is CN(CCS)CCc1ccc2c(c1)CCCO2. The topological polar surface area (TPSA) is 12.5 Å². The first-order chi connectivity index (χ1) is 8.29. The van der Waals surface area contributed by atoms with E-state index in [2.05, 4.69) is 42.8 Å². The maximum atomic E-state index is 5.62. The summed E-state index contributed by atoms with van der Waals surface area (Å²) in [5.74, 6) is 2.01. The van der Waals surface area contributed by atoms with Crippen LogP contribution in [0.25, 0.3) is 0 Å². The molecular weight excluding hydrogens is 230 g/mol. The highest BCUT2D eigenvalue weighted by Gasteiger charge is 2.10. The van der Waals surface area contributed by atoms with Crippen molar-refractivity contribution in [1.82, 2.24) is 4.90 Å². The highest BCUT2D eigenvalue weighted by Crippen LogP contribution is 2.25. The van der Waals surface area contributed by atoms with Crippen LogP contribution in [0.5, 0.6) is 5.75 Å². The molecule has 1 heterocycles. The molecule has 0 fully saturated rings. The molecule has 0 atom stereocenters. The van der Waals surface area contributed by atoms with E-state index in [1.807, 2.05) is 0 Å². The Kier molecular flexibility index (Phi) is 4.75. The third-order valence-corrected chi connectivity index (χ3v) is 3.44. The van der Waals surface area contributed by atoms with Crippen molar-refractivity contribution in [3.63, 3.8) is 0 Å². The summed E-state index contributed by atoms with van der Waals surface area (Å²) in [6.07, 6.45) is 3.42. The van der Waals surface area contributed by atoms with Crippen LogP contribution in [0.4, 0.5) is 0 Å². The van der Waals surface area contributed by atoms with Gasteiger partial charge in [0.1, 0.15) is 5.75 Å². The standard InChI is InChI=1S/C14H21NOS/c1-15(8-10-17)7-6-12-4-5-14-13(11-12)3-2-9-16-14/h4-5,11,17H,2-3,6-10H2,1H3. The normalized spacial score (nSPS) is 14.5. The number of aryl methyl sites for hydroxylation is 1. The van der Waals surface area contributed by atoms with Crippen molar-refractivity contribution in [1.29, 1.82) is 0 Å². The Hall–Kier alpha value is -0.670. The fraction of sp³-hybridized carbons (Fsp3) is 0.571. The van der Waals surface area contributed by atoms with Crippen LogP contribution in [0.15, 0.2) is 18.2 Å². The van der Waals surface area contributed by atoms with Gasteiger partial charge in [0.25, 0.3) is 0 Å². The zero-order chi connectivity index (χ0) is 12.1. The van der Waals surface area contributed by atoms with Gasteiger partial charge in [0.15, 0.2) is 0 Å². The third kappa shape index (κ3) is 3.65. The molecule has 0 radical (unpaired) electrons. The second kappa shape index (κ2) is 6.31. The van der Waals surface area contributed by atoms with Crippen LogP contribution in [-0.4, -0.2) is 37.4 Å². The molecule has 0 bridgehead atoms. The molecule has 2 nitrogen and oxygen atoms in total. The zero-order valence-corrected chi connectivity index (χ0v) is 11.4. The van der Waals surface area contributed by atoms with Gasteiger partial charge >= 0.3 is 0 Å². The Morgan fingerprint density at radius 2 is 2.24 bits per heavy atom. The molecule has 0 aromatic heterocycles. The molecule has 3 heteroatoms. The average molecular weight is 251 g/mol. The fourth-order valence-electron chi connectivity index (χ4n) is 2.17. The molecule has 1 aromatic carbocycles. The van der Waals surface area contributed by atoms with E-state index < -0.39 is 0 Å². The van der Waals surface area contributed by atoms with Gasteiger partial charge in [0.05, 0.1) is 6.61 Å². The third-order valence-electron chi connectivity index (χ3n) is 3.24. The quantitative estimate of drug-likeness (QED) is 0.807. The molecule has 2 rings (SSSR count). The lowest BCUT2D eigenvalue weighted by Gasteiger charge is -2.19. The maximum absolute atomic E-state index is 5.62. The van der Waals surface area contributed by atoms with Crippen molar-refractivity contribution in [2.45, 2.75) is 19.3 Å². The first kappa shape index (κ1) is 12.8. The van der Waals surface area contributed by atoms with Gasteiger partial charge in [-0.25, -0.2) is 0 Å². The van der Waals surface area contributed by atoms with Crippen LogP contribution in [-0.2, 0) is 12.8 Å². The second-order valence-electron chi connectivity index (χ2n) is 4.67. The molecule has 94 valence electrons. The van der Waals surface area contributed by atoms with Crippen molar-refractivity contribution in [3.8, 4) is 5.75 Å². The molecule has 0 saturated carbocycles. The van der Waals surface area contributed by atoms with Crippen LogP contribution in [0, 0.1) is 0 Å². The van der Waals surface area contributed by atoms with E-state index in [1.165, 1.54) is 11.1 Å². The number of benzene rings is 1. The van der Waals surface area contributed by atoms with Crippen LogP contribution in [0.3, 0.4) is 0 Å². The van der Waals surface area contributed by atoms with Crippen molar-refractivity contribution in [3.05, 3.63) is 29.3 Å².